The summed E-state index contributed by atoms with van der Waals surface area (Å²) in [4.78, 5) is 14.5. The van der Waals surface area contributed by atoms with Gasteiger partial charge in [0.15, 0.2) is 0 Å². The molecule has 4 heteroatoms. The van der Waals surface area contributed by atoms with Crippen LogP contribution in [0.3, 0.4) is 0 Å². The van der Waals surface area contributed by atoms with Gasteiger partial charge in [-0.2, -0.15) is 0 Å². The van der Waals surface area contributed by atoms with Crippen molar-refractivity contribution in [2.75, 3.05) is 26.2 Å². The van der Waals surface area contributed by atoms with Crippen LogP contribution in [-0.4, -0.2) is 42.2 Å². The number of amides is 1. The molecular weight excluding hydrogens is 240 g/mol. The zero-order valence-corrected chi connectivity index (χ0v) is 11.1. The lowest BCUT2D eigenvalue weighted by Gasteiger charge is -2.23. The molecule has 1 aromatic rings. The predicted molar refractivity (Wildman–Crippen MR) is 72.9 cm³/mol. The number of aliphatic hydroxyl groups is 1. The van der Waals surface area contributed by atoms with Crippen LogP contribution in [0.25, 0.3) is 0 Å². The molecule has 2 aliphatic rings. The standard InChI is InChI=1S/C15H20N2O2/c18-10-11-5-7-17(9-11)15(19)14-3-1-2-12-8-16-6-4-13(12)14/h1-3,11,16,18H,4-10H2. The van der Waals surface area contributed by atoms with Crippen LogP contribution in [0.1, 0.15) is 27.9 Å². The molecule has 4 nitrogen and oxygen atoms in total. The second kappa shape index (κ2) is 5.31. The molecule has 0 spiro atoms. The van der Waals surface area contributed by atoms with E-state index in [2.05, 4.69) is 11.4 Å². The summed E-state index contributed by atoms with van der Waals surface area (Å²) in [5.41, 5.74) is 3.31. The van der Waals surface area contributed by atoms with Gasteiger partial charge in [-0.3, -0.25) is 4.79 Å². The molecule has 2 aliphatic heterocycles. The number of hydrogen-bond acceptors (Lipinski definition) is 3. The highest BCUT2D eigenvalue weighted by Crippen LogP contribution is 2.23. The summed E-state index contributed by atoms with van der Waals surface area (Å²) < 4.78 is 0. The van der Waals surface area contributed by atoms with E-state index in [0.29, 0.717) is 6.54 Å². The van der Waals surface area contributed by atoms with Crippen LogP contribution in [0.4, 0.5) is 0 Å². The minimum Gasteiger partial charge on any atom is -0.396 e. The molecule has 0 bridgehead atoms. The topological polar surface area (TPSA) is 52.6 Å². The lowest BCUT2D eigenvalue weighted by molar-refractivity contribution is 0.0780. The van der Waals surface area contributed by atoms with Gasteiger partial charge in [-0.15, -0.1) is 0 Å². The predicted octanol–water partition coefficient (Wildman–Crippen LogP) is 0.787. The van der Waals surface area contributed by atoms with E-state index in [9.17, 15) is 9.90 Å². The van der Waals surface area contributed by atoms with Gasteiger partial charge in [-0.1, -0.05) is 12.1 Å². The Kier molecular flexibility index (Phi) is 3.53. The molecule has 102 valence electrons. The van der Waals surface area contributed by atoms with E-state index in [-0.39, 0.29) is 18.4 Å². The third-order valence-electron chi connectivity index (χ3n) is 4.20. The van der Waals surface area contributed by atoms with E-state index in [1.54, 1.807) is 0 Å². The summed E-state index contributed by atoms with van der Waals surface area (Å²) in [6, 6.07) is 6.01. The molecule has 3 rings (SSSR count). The largest absolute Gasteiger partial charge is 0.396 e. The van der Waals surface area contributed by atoms with Crippen LogP contribution >= 0.6 is 0 Å². The number of benzene rings is 1. The van der Waals surface area contributed by atoms with Gasteiger partial charge in [0.25, 0.3) is 5.91 Å². The van der Waals surface area contributed by atoms with E-state index in [4.69, 9.17) is 0 Å². The summed E-state index contributed by atoms with van der Waals surface area (Å²) in [7, 11) is 0. The number of nitrogens with one attached hydrogen (secondary N) is 1. The van der Waals surface area contributed by atoms with Crippen LogP contribution in [0.5, 0.6) is 0 Å². The first-order chi connectivity index (χ1) is 9.29. The molecular formula is C15H20N2O2. The van der Waals surface area contributed by atoms with Gasteiger partial charge >= 0.3 is 0 Å². The highest BCUT2D eigenvalue weighted by molar-refractivity contribution is 5.96. The first kappa shape index (κ1) is 12.6. The van der Waals surface area contributed by atoms with Crippen molar-refractivity contribution in [1.29, 1.82) is 0 Å². The third kappa shape index (κ3) is 2.38. The molecule has 0 saturated carbocycles. The van der Waals surface area contributed by atoms with Crippen molar-refractivity contribution in [2.45, 2.75) is 19.4 Å². The average Bonchev–Trinajstić information content (AvgIpc) is 2.95. The maximum atomic E-state index is 12.6. The van der Waals surface area contributed by atoms with E-state index >= 15 is 0 Å². The lowest BCUT2D eigenvalue weighted by atomic mass is 9.95. The molecule has 1 aromatic carbocycles. The molecule has 2 N–H and O–H groups in total. The van der Waals surface area contributed by atoms with Crippen LogP contribution in [-0.2, 0) is 13.0 Å². The minimum absolute atomic E-state index is 0.134. The van der Waals surface area contributed by atoms with E-state index < -0.39 is 0 Å². The summed E-state index contributed by atoms with van der Waals surface area (Å²) in [6.45, 7) is 3.44. The Morgan fingerprint density at radius 1 is 1.47 bits per heavy atom. The zero-order chi connectivity index (χ0) is 13.2. The number of nitrogens with zero attached hydrogens (tertiary/aromatic N) is 1. The van der Waals surface area contributed by atoms with Gasteiger partial charge < -0.3 is 15.3 Å². The fourth-order valence-electron chi connectivity index (χ4n) is 3.07. The Labute approximate surface area is 113 Å². The molecule has 0 aromatic heterocycles. The first-order valence-corrected chi connectivity index (χ1v) is 7.01. The first-order valence-electron chi connectivity index (χ1n) is 7.01. The van der Waals surface area contributed by atoms with Crippen molar-refractivity contribution in [1.82, 2.24) is 10.2 Å². The Hall–Kier alpha value is -1.39. The number of aliphatic hydroxyl groups excluding tert-OH is 1. The van der Waals surface area contributed by atoms with Crippen LogP contribution in [0.15, 0.2) is 18.2 Å². The fraction of sp³-hybridized carbons (Fsp3) is 0.533. The molecule has 1 unspecified atom stereocenters. The van der Waals surface area contributed by atoms with E-state index in [1.807, 2.05) is 17.0 Å². The van der Waals surface area contributed by atoms with Crippen molar-refractivity contribution in [3.8, 4) is 0 Å². The number of carbonyl (C=O) groups excluding carboxylic acids is 1. The number of likely N-dealkylation sites (tertiary alicyclic amines) is 1. The molecule has 0 radical (unpaired) electrons. The Bertz CT molecular complexity index is 487. The normalized spacial score (nSPS) is 22.4. The maximum absolute atomic E-state index is 12.6. The zero-order valence-electron chi connectivity index (χ0n) is 11.1. The SMILES string of the molecule is O=C(c1cccc2c1CCNC2)N1CCC(CO)C1. The Balaban J connectivity index is 1.84. The van der Waals surface area contributed by atoms with Gasteiger partial charge in [0.05, 0.1) is 0 Å². The molecule has 1 saturated heterocycles. The second-order valence-corrected chi connectivity index (χ2v) is 5.46. The summed E-state index contributed by atoms with van der Waals surface area (Å²) in [5, 5.41) is 12.5. The smallest absolute Gasteiger partial charge is 0.254 e. The van der Waals surface area contributed by atoms with Crippen molar-refractivity contribution >= 4 is 5.91 Å². The van der Waals surface area contributed by atoms with Gasteiger partial charge in [0.1, 0.15) is 0 Å². The van der Waals surface area contributed by atoms with Gasteiger partial charge in [-0.25, -0.2) is 0 Å². The Morgan fingerprint density at radius 2 is 2.37 bits per heavy atom. The number of carbonyl (C=O) groups is 1. The summed E-state index contributed by atoms with van der Waals surface area (Å²) in [5.74, 6) is 0.389. The Morgan fingerprint density at radius 3 is 3.16 bits per heavy atom. The van der Waals surface area contributed by atoms with Crippen molar-refractivity contribution < 1.29 is 9.90 Å². The maximum Gasteiger partial charge on any atom is 0.254 e. The second-order valence-electron chi connectivity index (χ2n) is 5.46. The summed E-state index contributed by atoms with van der Waals surface area (Å²) >= 11 is 0. The third-order valence-corrected chi connectivity index (χ3v) is 4.20. The fourth-order valence-corrected chi connectivity index (χ4v) is 3.07. The number of fused-ring (bicyclic) bond motifs is 1. The molecule has 1 atom stereocenters. The van der Waals surface area contributed by atoms with Crippen LogP contribution in [0.2, 0.25) is 0 Å². The van der Waals surface area contributed by atoms with Crippen LogP contribution in [0, 0.1) is 5.92 Å². The summed E-state index contributed by atoms with van der Waals surface area (Å²) in [6.07, 6.45) is 1.84. The number of rotatable bonds is 2. The monoisotopic (exact) mass is 260 g/mol. The van der Waals surface area contributed by atoms with E-state index in [0.717, 1.165) is 38.0 Å². The average molecular weight is 260 g/mol. The van der Waals surface area contributed by atoms with Gasteiger partial charge in [0, 0.05) is 37.7 Å². The van der Waals surface area contributed by atoms with Crippen LogP contribution < -0.4 is 5.32 Å². The molecule has 1 amide bonds. The van der Waals surface area contributed by atoms with Gasteiger partial charge in [0.2, 0.25) is 0 Å². The molecule has 0 aliphatic carbocycles. The lowest BCUT2D eigenvalue weighted by Crippen LogP contribution is -2.32. The van der Waals surface area contributed by atoms with E-state index in [1.165, 1.54) is 11.1 Å². The highest BCUT2D eigenvalue weighted by atomic mass is 16.3. The quantitative estimate of drug-likeness (QED) is 0.826. The molecule has 2 heterocycles. The highest BCUT2D eigenvalue weighted by Gasteiger charge is 2.28. The van der Waals surface area contributed by atoms with Gasteiger partial charge in [-0.05, 0) is 36.6 Å². The minimum atomic E-state index is 0.134. The van der Waals surface area contributed by atoms with Crippen molar-refractivity contribution in [2.24, 2.45) is 5.92 Å². The van der Waals surface area contributed by atoms with Crippen molar-refractivity contribution in [3.63, 3.8) is 0 Å². The van der Waals surface area contributed by atoms with Crippen molar-refractivity contribution in [3.05, 3.63) is 34.9 Å². The molecule has 1 fully saturated rings. The molecule has 19 heavy (non-hydrogen) atoms. The number of hydrogen-bond donors (Lipinski definition) is 2.